The lowest BCUT2D eigenvalue weighted by Gasteiger charge is -2.33. The van der Waals surface area contributed by atoms with Crippen LogP contribution in [-0.4, -0.2) is 50.3 Å². The average Bonchev–Trinajstić information content (AvgIpc) is 2.40. The summed E-state index contributed by atoms with van der Waals surface area (Å²) < 4.78 is 26.4. The first-order chi connectivity index (χ1) is 9.04. The minimum absolute atomic E-state index is 0.261. The van der Waals surface area contributed by atoms with Crippen molar-refractivity contribution in [3.05, 3.63) is 41.9 Å². The lowest BCUT2D eigenvalue weighted by molar-refractivity contribution is 0.204. The van der Waals surface area contributed by atoms with Crippen LogP contribution in [0.1, 0.15) is 0 Å². The van der Waals surface area contributed by atoms with Crippen LogP contribution in [0.2, 0.25) is 5.02 Å². The Morgan fingerprint density at radius 2 is 1.95 bits per heavy atom. The third kappa shape index (κ3) is 3.36. The molecule has 1 aliphatic rings. The number of halogens is 1. The van der Waals surface area contributed by atoms with E-state index in [2.05, 4.69) is 11.5 Å². The molecule has 0 unspecified atom stereocenters. The molecule has 104 valence electrons. The van der Waals surface area contributed by atoms with Crippen LogP contribution in [0.25, 0.3) is 0 Å². The predicted molar refractivity (Wildman–Crippen MR) is 76.8 cm³/mol. The highest BCUT2D eigenvalue weighted by Gasteiger charge is 2.28. The average molecular weight is 301 g/mol. The molecule has 1 aromatic rings. The van der Waals surface area contributed by atoms with E-state index in [0.29, 0.717) is 18.1 Å². The molecule has 0 atom stereocenters. The van der Waals surface area contributed by atoms with Gasteiger partial charge >= 0.3 is 0 Å². The summed E-state index contributed by atoms with van der Waals surface area (Å²) in [5.41, 5.74) is 0. The van der Waals surface area contributed by atoms with E-state index in [1.54, 1.807) is 18.2 Å². The quantitative estimate of drug-likeness (QED) is 0.797. The van der Waals surface area contributed by atoms with Crippen LogP contribution >= 0.6 is 11.6 Å². The number of piperazine rings is 1. The van der Waals surface area contributed by atoms with Gasteiger partial charge in [-0.05, 0) is 18.2 Å². The topological polar surface area (TPSA) is 40.6 Å². The molecule has 0 bridgehead atoms. The molecular formula is C13H17ClN2O2S. The van der Waals surface area contributed by atoms with E-state index in [1.807, 2.05) is 6.08 Å². The van der Waals surface area contributed by atoms with Crippen LogP contribution in [0.4, 0.5) is 0 Å². The second-order valence-electron chi connectivity index (χ2n) is 4.45. The van der Waals surface area contributed by atoms with Crippen LogP contribution in [0.15, 0.2) is 41.8 Å². The summed E-state index contributed by atoms with van der Waals surface area (Å²) in [4.78, 5) is 2.44. The van der Waals surface area contributed by atoms with Crippen LogP contribution in [0, 0.1) is 0 Å². The van der Waals surface area contributed by atoms with Gasteiger partial charge in [-0.15, -0.1) is 6.58 Å². The van der Waals surface area contributed by atoms with Crippen molar-refractivity contribution in [3.63, 3.8) is 0 Å². The molecule has 1 aliphatic heterocycles. The fraction of sp³-hybridized carbons (Fsp3) is 0.385. The van der Waals surface area contributed by atoms with Crippen molar-refractivity contribution in [2.24, 2.45) is 0 Å². The smallest absolute Gasteiger partial charge is 0.243 e. The van der Waals surface area contributed by atoms with Gasteiger partial charge in [0.1, 0.15) is 0 Å². The Morgan fingerprint density at radius 3 is 2.53 bits per heavy atom. The first-order valence-corrected chi connectivity index (χ1v) is 7.95. The molecule has 0 spiro atoms. The zero-order valence-corrected chi connectivity index (χ0v) is 12.2. The standard InChI is InChI=1S/C13H17ClN2O2S/c1-2-6-15-7-9-16(10-8-15)19(17,18)13-5-3-4-12(14)11-13/h2-5,11H,1,6-10H2. The van der Waals surface area contributed by atoms with Crippen LogP contribution in [0.5, 0.6) is 0 Å². The Hall–Kier alpha value is -0.880. The minimum Gasteiger partial charge on any atom is -0.297 e. The number of benzene rings is 1. The van der Waals surface area contributed by atoms with Gasteiger partial charge in [0.25, 0.3) is 0 Å². The minimum atomic E-state index is -3.43. The van der Waals surface area contributed by atoms with E-state index in [4.69, 9.17) is 11.6 Å². The molecule has 1 heterocycles. The largest absolute Gasteiger partial charge is 0.297 e. The van der Waals surface area contributed by atoms with Crippen LogP contribution in [0.3, 0.4) is 0 Å². The molecule has 1 fully saturated rings. The molecule has 4 nitrogen and oxygen atoms in total. The molecule has 0 aromatic heterocycles. The second-order valence-corrected chi connectivity index (χ2v) is 6.83. The van der Waals surface area contributed by atoms with Crippen molar-refractivity contribution >= 4 is 21.6 Å². The lowest BCUT2D eigenvalue weighted by Crippen LogP contribution is -2.48. The third-order valence-corrected chi connectivity index (χ3v) is 5.28. The fourth-order valence-corrected chi connectivity index (χ4v) is 3.84. The van der Waals surface area contributed by atoms with Crippen molar-refractivity contribution in [1.82, 2.24) is 9.21 Å². The van der Waals surface area contributed by atoms with Crippen molar-refractivity contribution in [2.75, 3.05) is 32.7 Å². The summed E-state index contributed by atoms with van der Waals surface area (Å²) in [6, 6.07) is 6.40. The molecular weight excluding hydrogens is 284 g/mol. The van der Waals surface area contributed by atoms with E-state index >= 15 is 0 Å². The molecule has 19 heavy (non-hydrogen) atoms. The molecule has 6 heteroatoms. The Morgan fingerprint density at radius 1 is 1.26 bits per heavy atom. The second kappa shape index (κ2) is 6.05. The number of hydrogen-bond acceptors (Lipinski definition) is 3. The molecule has 0 saturated carbocycles. The van der Waals surface area contributed by atoms with Gasteiger partial charge in [0.15, 0.2) is 0 Å². The lowest BCUT2D eigenvalue weighted by atomic mass is 10.3. The van der Waals surface area contributed by atoms with E-state index in [0.717, 1.165) is 19.6 Å². The van der Waals surface area contributed by atoms with Crippen molar-refractivity contribution < 1.29 is 8.42 Å². The highest BCUT2D eigenvalue weighted by molar-refractivity contribution is 7.89. The van der Waals surface area contributed by atoms with Gasteiger partial charge in [0, 0.05) is 37.7 Å². The number of nitrogens with zero attached hydrogens (tertiary/aromatic N) is 2. The summed E-state index contributed by atoms with van der Waals surface area (Å²) in [7, 11) is -3.43. The highest BCUT2D eigenvalue weighted by atomic mass is 35.5. The van der Waals surface area contributed by atoms with Crippen molar-refractivity contribution in [1.29, 1.82) is 0 Å². The Kier molecular flexibility index (Phi) is 4.62. The number of hydrogen-bond donors (Lipinski definition) is 0. The SMILES string of the molecule is C=CCN1CCN(S(=O)(=O)c2cccc(Cl)c2)CC1. The van der Waals surface area contributed by atoms with Gasteiger partial charge in [-0.2, -0.15) is 4.31 Å². The highest BCUT2D eigenvalue weighted by Crippen LogP contribution is 2.20. The maximum Gasteiger partial charge on any atom is 0.243 e. The van der Waals surface area contributed by atoms with Gasteiger partial charge in [-0.25, -0.2) is 8.42 Å². The Balaban J connectivity index is 2.12. The summed E-state index contributed by atoms with van der Waals surface area (Å²) in [5, 5.41) is 0.436. The molecule has 1 aromatic carbocycles. The zero-order valence-electron chi connectivity index (χ0n) is 10.6. The number of sulfonamides is 1. The first kappa shape index (κ1) is 14.5. The Labute approximate surface area is 119 Å². The molecule has 2 rings (SSSR count). The predicted octanol–water partition coefficient (Wildman–Crippen LogP) is 1.83. The van der Waals surface area contributed by atoms with Gasteiger partial charge in [0.2, 0.25) is 10.0 Å². The first-order valence-electron chi connectivity index (χ1n) is 6.13. The van der Waals surface area contributed by atoms with Gasteiger partial charge in [0.05, 0.1) is 4.90 Å². The summed E-state index contributed by atoms with van der Waals surface area (Å²) in [6.45, 7) is 6.95. The van der Waals surface area contributed by atoms with E-state index in [9.17, 15) is 8.42 Å². The Bertz CT molecular complexity index is 552. The summed E-state index contributed by atoms with van der Waals surface area (Å²) >= 11 is 5.85. The van der Waals surface area contributed by atoms with Crippen LogP contribution in [-0.2, 0) is 10.0 Å². The zero-order chi connectivity index (χ0) is 13.9. The molecule has 0 amide bonds. The van der Waals surface area contributed by atoms with E-state index in [-0.39, 0.29) is 4.90 Å². The monoisotopic (exact) mass is 300 g/mol. The molecule has 0 N–H and O–H groups in total. The van der Waals surface area contributed by atoms with Gasteiger partial charge in [-0.3, -0.25) is 4.90 Å². The van der Waals surface area contributed by atoms with Crippen molar-refractivity contribution in [3.8, 4) is 0 Å². The number of rotatable bonds is 4. The maximum atomic E-state index is 12.4. The van der Waals surface area contributed by atoms with E-state index in [1.165, 1.54) is 10.4 Å². The molecule has 0 aliphatic carbocycles. The maximum absolute atomic E-state index is 12.4. The molecule has 0 radical (unpaired) electrons. The van der Waals surface area contributed by atoms with Crippen molar-refractivity contribution in [2.45, 2.75) is 4.90 Å². The van der Waals surface area contributed by atoms with Gasteiger partial charge < -0.3 is 0 Å². The van der Waals surface area contributed by atoms with E-state index < -0.39 is 10.0 Å². The fourth-order valence-electron chi connectivity index (χ4n) is 2.11. The third-order valence-electron chi connectivity index (χ3n) is 3.15. The normalized spacial score (nSPS) is 18.4. The summed E-state index contributed by atoms with van der Waals surface area (Å²) in [5.74, 6) is 0. The van der Waals surface area contributed by atoms with Gasteiger partial charge in [-0.1, -0.05) is 23.7 Å². The van der Waals surface area contributed by atoms with Crippen LogP contribution < -0.4 is 0 Å². The summed E-state index contributed by atoms with van der Waals surface area (Å²) in [6.07, 6.45) is 1.83. The molecule has 1 saturated heterocycles.